The molecule has 1 nitrogen and oxygen atoms in total. The molecule has 2 heteroatoms. The molecular formula is C15H12FN. The minimum Gasteiger partial charge on any atom is -0.257 e. The maximum atomic E-state index is 12.7. The predicted octanol–water partition coefficient (Wildman–Crippen LogP) is 3.95. The minimum absolute atomic E-state index is 0.217. The van der Waals surface area contributed by atoms with Crippen LogP contribution in [0.1, 0.15) is 11.3 Å². The molecule has 0 spiro atoms. The first kappa shape index (κ1) is 11.3. The second kappa shape index (κ2) is 5.75. The van der Waals surface area contributed by atoms with E-state index in [0.29, 0.717) is 0 Å². The molecular weight excluding hydrogens is 213 g/mol. The third-order valence-electron chi connectivity index (χ3n) is 2.22. The number of allylic oxidation sites excluding steroid dienone is 2. The Morgan fingerprint density at radius 1 is 0.882 bits per heavy atom. The lowest BCUT2D eigenvalue weighted by Gasteiger charge is -1.91. The van der Waals surface area contributed by atoms with E-state index in [1.165, 1.54) is 12.1 Å². The van der Waals surface area contributed by atoms with Crippen molar-refractivity contribution in [1.29, 1.82) is 0 Å². The fourth-order valence-corrected chi connectivity index (χ4v) is 1.37. The fourth-order valence-electron chi connectivity index (χ4n) is 1.37. The average Bonchev–Trinajstić information content (AvgIpc) is 2.38. The van der Waals surface area contributed by atoms with Gasteiger partial charge >= 0.3 is 0 Å². The van der Waals surface area contributed by atoms with Crippen LogP contribution in [0.25, 0.3) is 12.2 Å². The maximum Gasteiger partial charge on any atom is 0.123 e. The fraction of sp³-hybridized carbons (Fsp3) is 0. The van der Waals surface area contributed by atoms with Gasteiger partial charge in [-0.25, -0.2) is 4.39 Å². The molecule has 0 aliphatic carbocycles. The lowest BCUT2D eigenvalue weighted by molar-refractivity contribution is 0.628. The summed E-state index contributed by atoms with van der Waals surface area (Å²) in [5, 5.41) is 0. The molecule has 0 atom stereocenters. The summed E-state index contributed by atoms with van der Waals surface area (Å²) < 4.78 is 12.7. The molecule has 0 saturated heterocycles. The van der Waals surface area contributed by atoms with Crippen molar-refractivity contribution in [3.05, 3.63) is 77.9 Å². The van der Waals surface area contributed by atoms with Gasteiger partial charge in [-0.3, -0.25) is 4.98 Å². The van der Waals surface area contributed by atoms with Crippen LogP contribution in [0.2, 0.25) is 0 Å². The molecule has 0 saturated carbocycles. The van der Waals surface area contributed by atoms with Gasteiger partial charge in [0.1, 0.15) is 5.82 Å². The molecule has 1 heterocycles. The van der Waals surface area contributed by atoms with Gasteiger partial charge in [-0.1, -0.05) is 36.4 Å². The number of benzene rings is 1. The van der Waals surface area contributed by atoms with Crippen molar-refractivity contribution in [2.75, 3.05) is 0 Å². The van der Waals surface area contributed by atoms with Crippen LogP contribution in [-0.2, 0) is 0 Å². The summed E-state index contributed by atoms with van der Waals surface area (Å²) in [6.45, 7) is 0. The van der Waals surface area contributed by atoms with E-state index < -0.39 is 0 Å². The molecule has 2 aromatic rings. The van der Waals surface area contributed by atoms with Crippen LogP contribution in [0, 0.1) is 5.82 Å². The number of rotatable bonds is 3. The molecule has 0 aliphatic heterocycles. The number of halogens is 1. The molecule has 17 heavy (non-hydrogen) atoms. The highest BCUT2D eigenvalue weighted by molar-refractivity contribution is 5.55. The molecule has 0 N–H and O–H groups in total. The molecule has 0 unspecified atom stereocenters. The lowest BCUT2D eigenvalue weighted by atomic mass is 10.2. The normalized spacial score (nSPS) is 11.4. The predicted molar refractivity (Wildman–Crippen MR) is 68.7 cm³/mol. The molecule has 84 valence electrons. The van der Waals surface area contributed by atoms with Crippen LogP contribution >= 0.6 is 0 Å². The first-order chi connectivity index (χ1) is 8.34. The Hall–Kier alpha value is -2.22. The molecule has 0 aliphatic rings. The van der Waals surface area contributed by atoms with Crippen LogP contribution in [0.3, 0.4) is 0 Å². The van der Waals surface area contributed by atoms with E-state index in [-0.39, 0.29) is 5.82 Å². The van der Waals surface area contributed by atoms with Crippen LogP contribution in [0.15, 0.2) is 60.8 Å². The van der Waals surface area contributed by atoms with Crippen molar-refractivity contribution in [1.82, 2.24) is 4.98 Å². The third-order valence-corrected chi connectivity index (χ3v) is 2.22. The van der Waals surface area contributed by atoms with Crippen molar-refractivity contribution in [3.8, 4) is 0 Å². The topological polar surface area (TPSA) is 12.9 Å². The zero-order valence-corrected chi connectivity index (χ0v) is 9.25. The van der Waals surface area contributed by atoms with E-state index in [1.807, 2.05) is 42.5 Å². The van der Waals surface area contributed by atoms with Crippen LogP contribution < -0.4 is 0 Å². The Morgan fingerprint density at radius 2 is 1.65 bits per heavy atom. The van der Waals surface area contributed by atoms with Gasteiger partial charge in [-0.15, -0.1) is 0 Å². The van der Waals surface area contributed by atoms with Gasteiger partial charge in [0, 0.05) is 6.20 Å². The first-order valence-corrected chi connectivity index (χ1v) is 5.36. The third kappa shape index (κ3) is 3.68. The van der Waals surface area contributed by atoms with E-state index in [4.69, 9.17) is 0 Å². The van der Waals surface area contributed by atoms with Gasteiger partial charge in [0.2, 0.25) is 0 Å². The van der Waals surface area contributed by atoms with Crippen molar-refractivity contribution < 1.29 is 4.39 Å². The summed E-state index contributed by atoms with van der Waals surface area (Å²) in [7, 11) is 0. The molecule has 1 aromatic heterocycles. The number of hydrogen-bond acceptors (Lipinski definition) is 1. The summed E-state index contributed by atoms with van der Waals surface area (Å²) >= 11 is 0. The van der Waals surface area contributed by atoms with Crippen molar-refractivity contribution in [3.63, 3.8) is 0 Å². The second-order valence-corrected chi connectivity index (χ2v) is 3.52. The average molecular weight is 225 g/mol. The Morgan fingerprint density at radius 3 is 2.35 bits per heavy atom. The second-order valence-electron chi connectivity index (χ2n) is 3.52. The Balaban J connectivity index is 1.98. The largest absolute Gasteiger partial charge is 0.257 e. The number of hydrogen-bond donors (Lipinski definition) is 0. The van der Waals surface area contributed by atoms with Gasteiger partial charge in [-0.2, -0.15) is 0 Å². The highest BCUT2D eigenvalue weighted by atomic mass is 19.1. The minimum atomic E-state index is -0.217. The Kier molecular flexibility index (Phi) is 3.81. The SMILES string of the molecule is Fc1ccc(C=CC=Cc2ccccn2)cc1. The summed E-state index contributed by atoms with van der Waals surface area (Å²) in [5.74, 6) is -0.217. The maximum absolute atomic E-state index is 12.7. The van der Waals surface area contributed by atoms with E-state index in [1.54, 1.807) is 18.3 Å². The zero-order valence-electron chi connectivity index (χ0n) is 9.25. The molecule has 0 amide bonds. The molecule has 0 bridgehead atoms. The summed E-state index contributed by atoms with van der Waals surface area (Å²) in [6.07, 6.45) is 9.40. The number of nitrogens with zero attached hydrogens (tertiary/aromatic N) is 1. The van der Waals surface area contributed by atoms with Gasteiger partial charge in [0.25, 0.3) is 0 Å². The monoisotopic (exact) mass is 225 g/mol. The van der Waals surface area contributed by atoms with Gasteiger partial charge < -0.3 is 0 Å². The highest BCUT2D eigenvalue weighted by Crippen LogP contribution is 2.05. The van der Waals surface area contributed by atoms with Gasteiger partial charge in [0.05, 0.1) is 5.69 Å². The summed E-state index contributed by atoms with van der Waals surface area (Å²) in [6, 6.07) is 12.1. The Bertz CT molecular complexity index is 512. The molecule has 2 rings (SSSR count). The van der Waals surface area contributed by atoms with Crippen LogP contribution in [0.5, 0.6) is 0 Å². The smallest absolute Gasteiger partial charge is 0.123 e. The Labute approximate surface area is 100.0 Å². The lowest BCUT2D eigenvalue weighted by Crippen LogP contribution is -1.75. The number of pyridine rings is 1. The first-order valence-electron chi connectivity index (χ1n) is 5.36. The zero-order chi connectivity index (χ0) is 11.9. The van der Waals surface area contributed by atoms with Crippen molar-refractivity contribution in [2.45, 2.75) is 0 Å². The molecule has 0 fully saturated rings. The van der Waals surface area contributed by atoms with E-state index >= 15 is 0 Å². The standard InChI is InChI=1S/C15H12FN/c16-14-10-8-13(9-11-14)5-1-2-6-15-7-3-4-12-17-15/h1-12H. The highest BCUT2D eigenvalue weighted by Gasteiger charge is 1.87. The molecule has 1 aromatic carbocycles. The quantitative estimate of drug-likeness (QED) is 0.721. The number of aromatic nitrogens is 1. The van der Waals surface area contributed by atoms with Crippen LogP contribution in [0.4, 0.5) is 4.39 Å². The van der Waals surface area contributed by atoms with Gasteiger partial charge in [-0.05, 0) is 35.9 Å². The van der Waals surface area contributed by atoms with Crippen molar-refractivity contribution >= 4 is 12.2 Å². The van der Waals surface area contributed by atoms with E-state index in [0.717, 1.165) is 11.3 Å². The van der Waals surface area contributed by atoms with Crippen molar-refractivity contribution in [2.24, 2.45) is 0 Å². The van der Waals surface area contributed by atoms with E-state index in [2.05, 4.69) is 4.98 Å². The summed E-state index contributed by atoms with van der Waals surface area (Å²) in [4.78, 5) is 4.16. The summed E-state index contributed by atoms with van der Waals surface area (Å²) in [5.41, 5.74) is 1.88. The van der Waals surface area contributed by atoms with Gasteiger partial charge in [0.15, 0.2) is 0 Å². The molecule has 0 radical (unpaired) electrons. The van der Waals surface area contributed by atoms with Crippen LogP contribution in [-0.4, -0.2) is 4.98 Å². The van der Waals surface area contributed by atoms with E-state index in [9.17, 15) is 4.39 Å².